The molecule has 6 rings (SSSR count). The normalized spacial score (nSPS) is 19.4. The number of rotatable bonds is 7. The molecule has 2 aliphatic rings. The highest BCUT2D eigenvalue weighted by Crippen LogP contribution is 2.54. The maximum Gasteiger partial charge on any atom is 0.338 e. The Morgan fingerprint density at radius 3 is 2.45 bits per heavy atom. The summed E-state index contributed by atoms with van der Waals surface area (Å²) in [6, 6.07) is 19.9. The molecule has 11 heteroatoms. The van der Waals surface area contributed by atoms with E-state index >= 15 is 0 Å². The van der Waals surface area contributed by atoms with Crippen molar-refractivity contribution in [2.45, 2.75) is 36.6 Å². The summed E-state index contributed by atoms with van der Waals surface area (Å²) in [5.41, 5.74) is 3.54. The minimum absolute atomic E-state index is 0.240. The van der Waals surface area contributed by atoms with Gasteiger partial charge in [-0.2, -0.15) is 0 Å². The molecule has 2 aliphatic heterocycles. The highest BCUT2D eigenvalue weighted by molar-refractivity contribution is 9.10. The molecule has 8 nitrogen and oxygen atoms in total. The topological polar surface area (TPSA) is 106 Å². The second kappa shape index (κ2) is 11.5. The number of thioether (sulfide) groups is 1. The maximum absolute atomic E-state index is 14.1. The lowest BCUT2D eigenvalue weighted by Crippen LogP contribution is -2.32. The Bertz CT molecular complexity index is 1750. The molecule has 1 aromatic heterocycles. The van der Waals surface area contributed by atoms with E-state index in [1.165, 1.54) is 16.7 Å². The number of hydrogen-bond acceptors (Lipinski definition) is 8. The summed E-state index contributed by atoms with van der Waals surface area (Å²) in [6.07, 6.45) is 0. The lowest BCUT2D eigenvalue weighted by atomic mass is 9.82. The van der Waals surface area contributed by atoms with Crippen LogP contribution in [0.25, 0.3) is 0 Å². The molecule has 0 aliphatic carbocycles. The zero-order valence-corrected chi connectivity index (χ0v) is 25.8. The first kappa shape index (κ1) is 28.4. The average molecular weight is 666 g/mol. The third-order valence-electron chi connectivity index (χ3n) is 7.28. The van der Waals surface area contributed by atoms with Crippen molar-refractivity contribution in [1.82, 2.24) is 4.98 Å². The van der Waals surface area contributed by atoms with Crippen molar-refractivity contribution in [2.24, 2.45) is 5.92 Å². The molecule has 1 fully saturated rings. The lowest BCUT2D eigenvalue weighted by Gasteiger charge is -2.31. The Morgan fingerprint density at radius 1 is 1.00 bits per heavy atom. The van der Waals surface area contributed by atoms with Crippen LogP contribution in [-0.4, -0.2) is 34.6 Å². The number of ether oxygens (including phenoxy) is 2. The van der Waals surface area contributed by atoms with Gasteiger partial charge in [-0.15, -0.1) is 0 Å². The Hall–Kier alpha value is -3.67. The third kappa shape index (κ3) is 5.21. The minimum atomic E-state index is -0.776. The van der Waals surface area contributed by atoms with Crippen LogP contribution in [0, 0.1) is 12.8 Å². The molecule has 2 amide bonds. The Labute approximate surface area is 258 Å². The molecular formula is C31H25BrN2O6S2. The van der Waals surface area contributed by atoms with Gasteiger partial charge in [0.25, 0.3) is 0 Å². The largest absolute Gasteiger partial charge is 0.489 e. The van der Waals surface area contributed by atoms with E-state index in [4.69, 9.17) is 9.47 Å². The number of esters is 1. The summed E-state index contributed by atoms with van der Waals surface area (Å²) >= 11 is 5.82. The molecule has 0 saturated carbocycles. The van der Waals surface area contributed by atoms with Crippen molar-refractivity contribution in [1.29, 1.82) is 0 Å². The number of carbonyl (C=O) groups excluding carboxylic acids is 3. The molecule has 42 heavy (non-hydrogen) atoms. The SMILES string of the molecule is CCOC(=O)c1ccc(N2C(=O)C3Sc4[nH]c(=O)sc4[C@H](c4cc(Br)ccc4OCc4ccc(C)cc4)C3C2=O)cc1. The molecule has 0 spiro atoms. The Balaban J connectivity index is 1.39. The van der Waals surface area contributed by atoms with Crippen LogP contribution in [0.5, 0.6) is 5.75 Å². The fraction of sp³-hybridized carbons (Fsp3) is 0.226. The first-order chi connectivity index (χ1) is 20.2. The van der Waals surface area contributed by atoms with Crippen LogP contribution in [-0.2, 0) is 20.9 Å². The molecule has 0 bridgehead atoms. The van der Waals surface area contributed by atoms with Crippen molar-refractivity contribution < 1.29 is 23.9 Å². The fourth-order valence-electron chi connectivity index (χ4n) is 5.31. The number of halogens is 1. The number of nitrogens with zero attached hydrogens (tertiary/aromatic N) is 1. The van der Waals surface area contributed by atoms with Gasteiger partial charge in [-0.1, -0.05) is 68.9 Å². The van der Waals surface area contributed by atoms with Gasteiger partial charge in [-0.3, -0.25) is 14.4 Å². The molecule has 3 atom stereocenters. The van der Waals surface area contributed by atoms with E-state index < -0.39 is 23.1 Å². The predicted molar refractivity (Wildman–Crippen MR) is 164 cm³/mol. The number of imide groups is 1. The van der Waals surface area contributed by atoms with E-state index in [-0.39, 0.29) is 23.3 Å². The fourth-order valence-corrected chi connectivity index (χ4v) is 8.19. The number of aromatic amines is 1. The zero-order chi connectivity index (χ0) is 29.5. The highest BCUT2D eigenvalue weighted by Gasteiger charge is 2.56. The molecule has 2 unspecified atom stereocenters. The van der Waals surface area contributed by atoms with Crippen molar-refractivity contribution in [3.8, 4) is 5.75 Å². The molecule has 1 N–H and O–H groups in total. The summed E-state index contributed by atoms with van der Waals surface area (Å²) in [5.74, 6) is -2.03. The van der Waals surface area contributed by atoms with E-state index in [0.717, 1.165) is 26.9 Å². The number of nitrogens with one attached hydrogen (secondary N) is 1. The van der Waals surface area contributed by atoms with Crippen LogP contribution < -0.4 is 14.5 Å². The average Bonchev–Trinajstić information content (AvgIpc) is 3.47. The number of amides is 2. The van der Waals surface area contributed by atoms with Gasteiger partial charge in [0.15, 0.2) is 0 Å². The number of benzene rings is 3. The van der Waals surface area contributed by atoms with E-state index in [0.29, 0.717) is 39.1 Å². The van der Waals surface area contributed by atoms with Crippen LogP contribution >= 0.6 is 39.0 Å². The number of hydrogen-bond donors (Lipinski definition) is 1. The molecule has 3 heterocycles. The first-order valence-electron chi connectivity index (χ1n) is 13.3. The van der Waals surface area contributed by atoms with Crippen LogP contribution in [0.2, 0.25) is 0 Å². The number of anilines is 1. The number of thiazole rings is 1. The summed E-state index contributed by atoms with van der Waals surface area (Å²) in [5, 5.41) is -0.171. The van der Waals surface area contributed by atoms with Gasteiger partial charge in [-0.05, 0) is 61.9 Å². The van der Waals surface area contributed by atoms with Gasteiger partial charge in [0.05, 0.1) is 28.8 Å². The molecule has 1 saturated heterocycles. The molecule has 214 valence electrons. The molecule has 0 radical (unpaired) electrons. The van der Waals surface area contributed by atoms with Gasteiger partial charge in [0.1, 0.15) is 17.6 Å². The van der Waals surface area contributed by atoms with Gasteiger partial charge in [0, 0.05) is 20.8 Å². The number of fused-ring (bicyclic) bond motifs is 2. The van der Waals surface area contributed by atoms with E-state index in [1.54, 1.807) is 31.2 Å². The second-order valence-corrected chi connectivity index (χ2v) is 13.1. The highest BCUT2D eigenvalue weighted by atomic mass is 79.9. The zero-order valence-electron chi connectivity index (χ0n) is 22.6. The number of H-pyrrole nitrogens is 1. The van der Waals surface area contributed by atoms with Crippen LogP contribution in [0.3, 0.4) is 0 Å². The first-order valence-corrected chi connectivity index (χ1v) is 15.8. The van der Waals surface area contributed by atoms with E-state index in [1.807, 2.05) is 49.4 Å². The van der Waals surface area contributed by atoms with E-state index in [2.05, 4.69) is 20.9 Å². The second-order valence-electron chi connectivity index (χ2n) is 9.99. The van der Waals surface area contributed by atoms with Gasteiger partial charge in [0.2, 0.25) is 11.8 Å². The van der Waals surface area contributed by atoms with Gasteiger partial charge >= 0.3 is 10.8 Å². The van der Waals surface area contributed by atoms with Crippen LogP contribution in [0.1, 0.15) is 44.8 Å². The van der Waals surface area contributed by atoms with Crippen LogP contribution in [0.4, 0.5) is 5.69 Å². The summed E-state index contributed by atoms with van der Waals surface area (Å²) in [4.78, 5) is 57.1. The molecular weight excluding hydrogens is 640 g/mol. The Kier molecular flexibility index (Phi) is 7.82. The van der Waals surface area contributed by atoms with Gasteiger partial charge < -0.3 is 14.5 Å². The predicted octanol–water partition coefficient (Wildman–Crippen LogP) is 6.06. The summed E-state index contributed by atoms with van der Waals surface area (Å²) in [6.45, 7) is 4.30. The molecule has 3 aromatic carbocycles. The van der Waals surface area contributed by atoms with Crippen LogP contribution in [0.15, 0.2) is 81.0 Å². The number of aromatic nitrogens is 1. The van der Waals surface area contributed by atoms with Crippen molar-refractivity contribution in [3.63, 3.8) is 0 Å². The van der Waals surface area contributed by atoms with Crippen molar-refractivity contribution in [2.75, 3.05) is 11.5 Å². The quantitative estimate of drug-likeness (QED) is 0.189. The smallest absolute Gasteiger partial charge is 0.338 e. The summed E-state index contributed by atoms with van der Waals surface area (Å²) in [7, 11) is 0. The standard InChI is InChI=1S/C31H25BrN2O6S2/c1-3-39-30(37)18-8-11-20(12-9-18)34-28(35)24-23(25-27(33-31(38)42-25)41-26(24)29(34)36)21-14-19(32)10-13-22(21)40-15-17-6-4-16(2)5-7-17/h4-14,23-24,26H,3,15H2,1-2H3,(H,33,38)/t23-,24?,26?/m1/s1. The monoisotopic (exact) mass is 664 g/mol. The number of carbonyl (C=O) groups is 3. The summed E-state index contributed by atoms with van der Waals surface area (Å²) < 4.78 is 12.1. The maximum atomic E-state index is 14.1. The molecule has 4 aromatic rings. The van der Waals surface area contributed by atoms with Gasteiger partial charge in [-0.25, -0.2) is 9.69 Å². The van der Waals surface area contributed by atoms with E-state index in [9.17, 15) is 19.2 Å². The van der Waals surface area contributed by atoms with Crippen molar-refractivity contribution >= 4 is 62.5 Å². The Morgan fingerprint density at radius 2 is 1.74 bits per heavy atom. The van der Waals surface area contributed by atoms with Crippen molar-refractivity contribution in [3.05, 3.63) is 108 Å². The lowest BCUT2D eigenvalue weighted by molar-refractivity contribution is -0.122. The minimum Gasteiger partial charge on any atom is -0.489 e. The third-order valence-corrected chi connectivity index (χ3v) is 10.2. The number of aryl methyl sites for hydroxylation is 1.